The Morgan fingerprint density at radius 2 is 1.82 bits per heavy atom. The molecule has 2 heterocycles. The summed E-state index contributed by atoms with van der Waals surface area (Å²) < 4.78 is 17.6. The van der Waals surface area contributed by atoms with Crippen LogP contribution in [0.1, 0.15) is 33.3 Å². The molecule has 0 saturated carbocycles. The Labute approximate surface area is 137 Å². The maximum Gasteiger partial charge on any atom is 0.491 e. The van der Waals surface area contributed by atoms with Crippen LogP contribution in [0.2, 0.25) is 0 Å². The van der Waals surface area contributed by atoms with Crippen LogP contribution in [0, 0.1) is 0 Å². The maximum atomic E-state index is 6.10. The van der Waals surface area contributed by atoms with E-state index in [2.05, 4.69) is 52.5 Å². The molecule has 1 aliphatic rings. The van der Waals surface area contributed by atoms with Gasteiger partial charge in [-0.1, -0.05) is 12.1 Å². The van der Waals surface area contributed by atoms with Gasteiger partial charge in [-0.15, -0.1) is 0 Å². The largest absolute Gasteiger partial charge is 0.491 e. The first kappa shape index (κ1) is 15.7. The van der Waals surface area contributed by atoms with E-state index >= 15 is 0 Å². The maximum absolute atomic E-state index is 6.10. The highest BCUT2D eigenvalue weighted by molar-refractivity contribution is 7.80. The molecule has 1 fully saturated rings. The van der Waals surface area contributed by atoms with Crippen LogP contribution in [-0.4, -0.2) is 24.1 Å². The summed E-state index contributed by atoms with van der Waals surface area (Å²) in [5, 5.41) is 1.08. The summed E-state index contributed by atoms with van der Waals surface area (Å²) in [6.45, 7) is 8.22. The van der Waals surface area contributed by atoms with Gasteiger partial charge in [0.15, 0.2) is 0 Å². The molecular weight excluding hydrogens is 295 g/mol. The van der Waals surface area contributed by atoms with Crippen LogP contribution in [0.3, 0.4) is 0 Å². The number of fused-ring (bicyclic) bond motifs is 1. The zero-order valence-corrected chi connectivity index (χ0v) is 14.3. The molecule has 2 aromatic rings. The predicted octanol–water partition coefficient (Wildman–Crippen LogP) is 4.38. The molecule has 116 valence electrons. The Morgan fingerprint density at radius 3 is 2.45 bits per heavy atom. The number of benzene rings is 1. The second kappa shape index (κ2) is 5.48. The van der Waals surface area contributed by atoms with E-state index in [1.54, 1.807) is 6.26 Å². The van der Waals surface area contributed by atoms with Crippen molar-refractivity contribution in [3.05, 3.63) is 41.6 Å². The molecule has 1 aromatic carbocycles. The Bertz CT molecular complexity index is 702. The molecule has 1 aromatic heterocycles. The van der Waals surface area contributed by atoms with Crippen LogP contribution >= 0.6 is 12.6 Å². The average Bonchev–Trinajstić information content (AvgIpc) is 2.98. The lowest BCUT2D eigenvalue weighted by atomic mass is 9.78. The van der Waals surface area contributed by atoms with Gasteiger partial charge >= 0.3 is 7.12 Å². The van der Waals surface area contributed by atoms with Gasteiger partial charge in [-0.3, -0.25) is 0 Å². The molecular formula is C17H21BO3S. The zero-order valence-electron chi connectivity index (χ0n) is 13.4. The monoisotopic (exact) mass is 316 g/mol. The van der Waals surface area contributed by atoms with E-state index in [1.165, 1.54) is 0 Å². The Balaban J connectivity index is 1.90. The van der Waals surface area contributed by atoms with E-state index < -0.39 is 0 Å². The van der Waals surface area contributed by atoms with Gasteiger partial charge in [0.2, 0.25) is 0 Å². The molecule has 0 spiro atoms. The van der Waals surface area contributed by atoms with Crippen molar-refractivity contribution in [1.82, 2.24) is 0 Å². The van der Waals surface area contributed by atoms with Crippen LogP contribution in [0.15, 0.2) is 40.4 Å². The highest BCUT2D eigenvalue weighted by Crippen LogP contribution is 2.39. The molecule has 0 N–H and O–H groups in total. The summed E-state index contributed by atoms with van der Waals surface area (Å²) in [6.07, 6.45) is 3.79. The minimum Gasteiger partial charge on any atom is -0.464 e. The fraction of sp³-hybridized carbons (Fsp3) is 0.412. The predicted molar refractivity (Wildman–Crippen MR) is 94.1 cm³/mol. The van der Waals surface area contributed by atoms with Crippen molar-refractivity contribution < 1.29 is 13.7 Å². The summed E-state index contributed by atoms with van der Waals surface area (Å²) >= 11 is 4.45. The first-order chi connectivity index (χ1) is 10.3. The molecule has 1 saturated heterocycles. The van der Waals surface area contributed by atoms with E-state index in [-0.39, 0.29) is 18.3 Å². The molecule has 0 amide bonds. The summed E-state index contributed by atoms with van der Waals surface area (Å²) in [5.74, 6) is 0.584. The van der Waals surface area contributed by atoms with Gasteiger partial charge in [-0.2, -0.15) is 12.6 Å². The van der Waals surface area contributed by atoms with Crippen molar-refractivity contribution in [3.63, 3.8) is 0 Å². The standard InChI is InChI=1S/C17H21BO3S/c1-16(2)17(3,4)21-18(20-16)14(11-22)10-12-5-6-15-13(9-12)7-8-19-15/h5-10,22H,11H2,1-4H3. The van der Waals surface area contributed by atoms with Crippen molar-refractivity contribution in [2.24, 2.45) is 0 Å². The van der Waals surface area contributed by atoms with Gasteiger partial charge in [0, 0.05) is 11.1 Å². The van der Waals surface area contributed by atoms with E-state index in [1.807, 2.05) is 18.2 Å². The smallest absolute Gasteiger partial charge is 0.464 e. The van der Waals surface area contributed by atoms with Crippen LogP contribution in [0.5, 0.6) is 0 Å². The lowest BCUT2D eigenvalue weighted by Crippen LogP contribution is -2.41. The molecule has 0 bridgehead atoms. The number of rotatable bonds is 3. The van der Waals surface area contributed by atoms with Gasteiger partial charge in [0.1, 0.15) is 5.58 Å². The molecule has 0 aliphatic carbocycles. The quantitative estimate of drug-likeness (QED) is 0.674. The van der Waals surface area contributed by atoms with Crippen molar-refractivity contribution in [3.8, 4) is 0 Å². The lowest BCUT2D eigenvalue weighted by Gasteiger charge is -2.32. The van der Waals surface area contributed by atoms with Crippen LogP contribution in [-0.2, 0) is 9.31 Å². The number of hydrogen-bond donors (Lipinski definition) is 1. The van der Waals surface area contributed by atoms with Gasteiger partial charge in [-0.05, 0) is 56.9 Å². The third kappa shape index (κ3) is 2.73. The molecule has 5 heteroatoms. The number of hydrogen-bond acceptors (Lipinski definition) is 4. The Kier molecular flexibility index (Phi) is 3.92. The third-order valence-electron chi connectivity index (χ3n) is 4.57. The Hall–Kier alpha value is -1.17. The van der Waals surface area contributed by atoms with Crippen molar-refractivity contribution >= 4 is 36.8 Å². The highest BCUT2D eigenvalue weighted by atomic mass is 32.1. The SMILES string of the molecule is CC1(C)OB(C(=Cc2ccc3occc3c2)CS)OC1(C)C. The third-order valence-corrected chi connectivity index (χ3v) is 4.93. The topological polar surface area (TPSA) is 31.6 Å². The van der Waals surface area contributed by atoms with E-state index in [4.69, 9.17) is 13.7 Å². The summed E-state index contributed by atoms with van der Waals surface area (Å²) in [5.41, 5.74) is 2.32. The molecule has 1 aliphatic heterocycles. The first-order valence-electron chi connectivity index (χ1n) is 7.47. The van der Waals surface area contributed by atoms with E-state index in [0.29, 0.717) is 5.75 Å². The highest BCUT2D eigenvalue weighted by Gasteiger charge is 2.52. The normalized spacial score (nSPS) is 20.8. The Morgan fingerprint density at radius 1 is 1.14 bits per heavy atom. The van der Waals surface area contributed by atoms with Crippen molar-refractivity contribution in [2.45, 2.75) is 38.9 Å². The molecule has 0 radical (unpaired) electrons. The summed E-state index contributed by atoms with van der Waals surface area (Å²) in [7, 11) is -0.359. The van der Waals surface area contributed by atoms with Crippen LogP contribution in [0.25, 0.3) is 17.0 Å². The van der Waals surface area contributed by atoms with E-state index in [0.717, 1.165) is 22.0 Å². The number of thiol groups is 1. The molecule has 22 heavy (non-hydrogen) atoms. The van der Waals surface area contributed by atoms with Crippen LogP contribution in [0.4, 0.5) is 0 Å². The zero-order chi connectivity index (χ0) is 16.0. The van der Waals surface area contributed by atoms with Gasteiger partial charge in [0.25, 0.3) is 0 Å². The van der Waals surface area contributed by atoms with Crippen molar-refractivity contribution in [2.75, 3.05) is 5.75 Å². The van der Waals surface area contributed by atoms with Gasteiger partial charge in [-0.25, -0.2) is 0 Å². The minimum absolute atomic E-state index is 0.339. The minimum atomic E-state index is -0.359. The fourth-order valence-electron chi connectivity index (χ4n) is 2.47. The lowest BCUT2D eigenvalue weighted by molar-refractivity contribution is 0.00578. The fourth-order valence-corrected chi connectivity index (χ4v) is 2.71. The van der Waals surface area contributed by atoms with Crippen LogP contribution < -0.4 is 0 Å². The van der Waals surface area contributed by atoms with Gasteiger partial charge in [0.05, 0.1) is 17.5 Å². The average molecular weight is 316 g/mol. The van der Waals surface area contributed by atoms with Gasteiger partial charge < -0.3 is 13.7 Å². The summed E-state index contributed by atoms with van der Waals surface area (Å²) in [4.78, 5) is 0. The van der Waals surface area contributed by atoms with Crippen molar-refractivity contribution in [1.29, 1.82) is 0 Å². The van der Waals surface area contributed by atoms with E-state index in [9.17, 15) is 0 Å². The molecule has 0 atom stereocenters. The number of furan rings is 1. The molecule has 3 rings (SSSR count). The second-order valence-electron chi connectivity index (χ2n) is 6.68. The molecule has 0 unspecified atom stereocenters. The molecule has 3 nitrogen and oxygen atoms in total. The second-order valence-corrected chi connectivity index (χ2v) is 7.00. The summed E-state index contributed by atoms with van der Waals surface area (Å²) in [6, 6.07) is 8.05. The first-order valence-corrected chi connectivity index (χ1v) is 8.10.